The largest absolute Gasteiger partial charge is 0.494 e. The van der Waals surface area contributed by atoms with E-state index >= 15 is 0 Å². The van der Waals surface area contributed by atoms with Crippen molar-refractivity contribution in [2.45, 2.75) is 32.4 Å². The van der Waals surface area contributed by atoms with Crippen molar-refractivity contribution in [1.82, 2.24) is 10.6 Å². The fraction of sp³-hybridized carbons (Fsp3) is 0.200. The molecule has 0 spiro atoms. The zero-order chi connectivity index (χ0) is 32.0. The van der Waals surface area contributed by atoms with Gasteiger partial charge in [-0.05, 0) is 78.9 Å². The molecule has 0 aromatic heterocycles. The Morgan fingerprint density at radius 1 is 0.556 bits per heavy atom. The monoisotopic (exact) mass is 606 g/mol. The van der Waals surface area contributed by atoms with E-state index in [4.69, 9.17) is 31.8 Å². The number of nitrogen functional groups attached to an aromatic ring is 2. The molecule has 45 heavy (non-hydrogen) atoms. The first kappa shape index (κ1) is 32.3. The highest BCUT2D eigenvalue weighted by atomic mass is 16.5. The van der Waals surface area contributed by atoms with Crippen LogP contribution in [0, 0.1) is 10.8 Å². The minimum Gasteiger partial charge on any atom is -0.494 e. The van der Waals surface area contributed by atoms with E-state index in [0.717, 1.165) is 41.9 Å². The summed E-state index contributed by atoms with van der Waals surface area (Å²) in [4.78, 5) is 24.9. The highest BCUT2D eigenvalue weighted by Crippen LogP contribution is 2.15. The second kappa shape index (κ2) is 16.3. The van der Waals surface area contributed by atoms with Crippen molar-refractivity contribution in [1.29, 1.82) is 10.8 Å². The molecule has 4 aromatic rings. The number of amidine groups is 2. The Morgan fingerprint density at radius 2 is 0.933 bits per heavy atom. The van der Waals surface area contributed by atoms with Gasteiger partial charge in [-0.25, -0.2) is 0 Å². The molecule has 0 aliphatic heterocycles. The fourth-order valence-corrected chi connectivity index (χ4v) is 4.39. The molecule has 2 amide bonds. The van der Waals surface area contributed by atoms with Gasteiger partial charge in [0, 0.05) is 35.3 Å². The smallest absolute Gasteiger partial charge is 0.251 e. The molecule has 0 radical (unpaired) electrons. The lowest BCUT2D eigenvalue weighted by Crippen LogP contribution is -2.23. The van der Waals surface area contributed by atoms with Crippen molar-refractivity contribution in [3.63, 3.8) is 0 Å². The van der Waals surface area contributed by atoms with E-state index in [1.54, 1.807) is 48.5 Å². The molecular weight excluding hydrogens is 568 g/mol. The Balaban J connectivity index is 1.07. The lowest BCUT2D eigenvalue weighted by atomic mass is 10.1. The molecule has 0 fully saturated rings. The predicted molar refractivity (Wildman–Crippen MR) is 175 cm³/mol. The van der Waals surface area contributed by atoms with Gasteiger partial charge in [-0.3, -0.25) is 20.4 Å². The van der Waals surface area contributed by atoms with Gasteiger partial charge in [0.25, 0.3) is 11.8 Å². The first-order chi connectivity index (χ1) is 21.8. The van der Waals surface area contributed by atoms with E-state index in [9.17, 15) is 9.59 Å². The Hall–Kier alpha value is -5.64. The molecule has 0 atom stereocenters. The molecule has 10 heteroatoms. The van der Waals surface area contributed by atoms with Crippen LogP contribution in [0.25, 0.3) is 0 Å². The van der Waals surface area contributed by atoms with Crippen molar-refractivity contribution in [2.75, 3.05) is 13.2 Å². The van der Waals surface area contributed by atoms with Crippen LogP contribution < -0.4 is 31.6 Å². The molecule has 0 heterocycles. The summed E-state index contributed by atoms with van der Waals surface area (Å²) in [5.74, 6) is 0.944. The summed E-state index contributed by atoms with van der Waals surface area (Å²) < 4.78 is 11.7. The van der Waals surface area contributed by atoms with Crippen LogP contribution in [-0.4, -0.2) is 36.7 Å². The first-order valence-electron chi connectivity index (χ1n) is 14.7. The van der Waals surface area contributed by atoms with Gasteiger partial charge in [0.1, 0.15) is 23.2 Å². The molecule has 4 aromatic carbocycles. The lowest BCUT2D eigenvalue weighted by Gasteiger charge is -2.10. The van der Waals surface area contributed by atoms with Gasteiger partial charge in [0.2, 0.25) is 0 Å². The minimum atomic E-state index is -0.226. The number of rotatable bonds is 16. The quantitative estimate of drug-likeness (QED) is 0.0609. The number of nitrogens with one attached hydrogen (secondary N) is 4. The maximum atomic E-state index is 12.4. The van der Waals surface area contributed by atoms with Crippen molar-refractivity contribution >= 4 is 23.5 Å². The van der Waals surface area contributed by atoms with Gasteiger partial charge in [-0.2, -0.15) is 0 Å². The molecule has 4 rings (SSSR count). The first-order valence-corrected chi connectivity index (χ1v) is 14.7. The average Bonchev–Trinajstić information content (AvgIpc) is 3.06. The van der Waals surface area contributed by atoms with E-state index in [1.165, 1.54) is 0 Å². The lowest BCUT2D eigenvalue weighted by molar-refractivity contribution is 0.0943. The summed E-state index contributed by atoms with van der Waals surface area (Å²) in [6, 6.07) is 28.6. The van der Waals surface area contributed by atoms with Gasteiger partial charge < -0.3 is 31.6 Å². The average molecular weight is 607 g/mol. The molecule has 0 aliphatic rings. The Morgan fingerprint density at radius 3 is 1.31 bits per heavy atom. The van der Waals surface area contributed by atoms with Gasteiger partial charge >= 0.3 is 0 Å². The van der Waals surface area contributed by atoms with Gasteiger partial charge in [0.05, 0.1) is 13.2 Å². The van der Waals surface area contributed by atoms with Crippen LogP contribution in [0.4, 0.5) is 0 Å². The number of carbonyl (C=O) groups excluding carboxylic acids is 2. The summed E-state index contributed by atoms with van der Waals surface area (Å²) in [5.41, 5.74) is 14.9. The molecule has 0 aliphatic carbocycles. The third-order valence-corrected chi connectivity index (χ3v) is 6.95. The highest BCUT2D eigenvalue weighted by molar-refractivity contribution is 6.00. The Kier molecular flexibility index (Phi) is 11.7. The summed E-state index contributed by atoms with van der Waals surface area (Å²) in [6.07, 6.45) is 2.76. The fourth-order valence-electron chi connectivity index (χ4n) is 4.39. The number of carbonyl (C=O) groups is 2. The van der Waals surface area contributed by atoms with Gasteiger partial charge in [-0.15, -0.1) is 0 Å². The number of ether oxygens (including phenoxy) is 2. The normalized spacial score (nSPS) is 10.5. The summed E-state index contributed by atoms with van der Waals surface area (Å²) in [6.45, 7) is 1.95. The van der Waals surface area contributed by atoms with Crippen LogP contribution in [0.1, 0.15) is 62.2 Å². The minimum absolute atomic E-state index is 0.0758. The highest BCUT2D eigenvalue weighted by Gasteiger charge is 2.09. The van der Waals surface area contributed by atoms with E-state index < -0.39 is 0 Å². The second-order valence-corrected chi connectivity index (χ2v) is 10.4. The maximum absolute atomic E-state index is 12.4. The predicted octanol–water partition coefficient (Wildman–Crippen LogP) is 4.74. The van der Waals surface area contributed by atoms with Crippen molar-refractivity contribution < 1.29 is 19.1 Å². The molecule has 232 valence electrons. The van der Waals surface area contributed by atoms with E-state index in [1.807, 2.05) is 48.5 Å². The van der Waals surface area contributed by atoms with E-state index in [-0.39, 0.29) is 23.5 Å². The summed E-state index contributed by atoms with van der Waals surface area (Å²) in [5, 5.41) is 20.8. The molecule has 0 saturated heterocycles. The van der Waals surface area contributed by atoms with Crippen molar-refractivity contribution in [3.05, 3.63) is 130 Å². The van der Waals surface area contributed by atoms with Crippen molar-refractivity contribution in [2.24, 2.45) is 11.5 Å². The second-order valence-electron chi connectivity index (χ2n) is 10.4. The number of nitrogens with two attached hydrogens (primary N) is 2. The van der Waals surface area contributed by atoms with Crippen LogP contribution in [-0.2, 0) is 13.1 Å². The number of hydrogen-bond acceptors (Lipinski definition) is 6. The van der Waals surface area contributed by atoms with E-state index in [0.29, 0.717) is 48.6 Å². The Bertz CT molecular complexity index is 1500. The van der Waals surface area contributed by atoms with Gasteiger partial charge in [0.15, 0.2) is 0 Å². The number of hydrogen-bond donors (Lipinski definition) is 6. The molecule has 8 N–H and O–H groups in total. The van der Waals surface area contributed by atoms with Crippen LogP contribution in [0.2, 0.25) is 0 Å². The molecule has 0 unspecified atom stereocenters. The zero-order valence-corrected chi connectivity index (χ0v) is 25.0. The number of benzene rings is 4. The third-order valence-electron chi connectivity index (χ3n) is 6.95. The van der Waals surface area contributed by atoms with Crippen LogP contribution in [0.15, 0.2) is 97.1 Å². The topological polar surface area (TPSA) is 176 Å². The molecule has 10 nitrogen and oxygen atoms in total. The summed E-state index contributed by atoms with van der Waals surface area (Å²) >= 11 is 0. The van der Waals surface area contributed by atoms with Crippen LogP contribution in [0.3, 0.4) is 0 Å². The standard InChI is InChI=1S/C35H38N6O4/c36-32(37)26-6-4-8-28(20-26)34(42)40-22-24-10-14-30(15-11-24)44-18-2-1-3-19-45-31-16-12-25(13-17-31)23-41-35(43)29-9-5-7-27(21-29)33(38)39/h4-17,20-21H,1-3,18-19,22-23H2,(H3,36,37)(H3,38,39)(H,40,42)(H,41,43). The molecule has 0 bridgehead atoms. The summed E-state index contributed by atoms with van der Waals surface area (Å²) in [7, 11) is 0. The Labute approximate surface area is 262 Å². The third kappa shape index (κ3) is 10.2. The van der Waals surface area contributed by atoms with Gasteiger partial charge in [-0.1, -0.05) is 48.5 Å². The number of amides is 2. The van der Waals surface area contributed by atoms with Crippen molar-refractivity contribution in [3.8, 4) is 11.5 Å². The molecule has 0 saturated carbocycles. The number of unbranched alkanes of at least 4 members (excludes halogenated alkanes) is 2. The maximum Gasteiger partial charge on any atom is 0.251 e. The zero-order valence-electron chi connectivity index (χ0n) is 25.0. The van der Waals surface area contributed by atoms with Crippen LogP contribution in [0.5, 0.6) is 11.5 Å². The van der Waals surface area contributed by atoms with E-state index in [2.05, 4.69) is 10.6 Å². The molecular formula is C35H38N6O4. The van der Waals surface area contributed by atoms with Crippen LogP contribution >= 0.6 is 0 Å². The SMILES string of the molecule is N=C(N)c1cccc(C(=O)NCc2ccc(OCCCCCOc3ccc(CNC(=O)c4cccc(C(=N)N)c4)cc3)cc2)c1.